The quantitative estimate of drug-likeness (QED) is 0.924. The number of halogens is 1. The van der Waals surface area contributed by atoms with Crippen LogP contribution in [0.2, 0.25) is 0 Å². The molecule has 3 rings (SSSR count). The van der Waals surface area contributed by atoms with Crippen molar-refractivity contribution in [2.75, 3.05) is 26.0 Å². The van der Waals surface area contributed by atoms with Gasteiger partial charge in [-0.05, 0) is 25.0 Å². The average molecular weight is 308 g/mol. The van der Waals surface area contributed by atoms with Crippen molar-refractivity contribution in [2.24, 2.45) is 0 Å². The number of hydrogen-bond donors (Lipinski definition) is 1. The number of carbonyl (C=O) groups is 1. The number of carbonyl (C=O) groups excluding carboxylic acids is 1. The van der Waals surface area contributed by atoms with Gasteiger partial charge in [-0.3, -0.25) is 4.79 Å². The molecule has 2 aromatic rings. The number of ether oxygens (including phenoxy) is 1. The van der Waals surface area contributed by atoms with Gasteiger partial charge in [0.15, 0.2) is 0 Å². The first-order chi connectivity index (χ1) is 10.1. The van der Waals surface area contributed by atoms with Crippen molar-refractivity contribution < 1.29 is 13.9 Å². The number of nitrogens with two attached hydrogens (primary N) is 1. The molecule has 1 saturated carbocycles. The number of rotatable bonds is 5. The van der Waals surface area contributed by atoms with Gasteiger partial charge in [0, 0.05) is 24.4 Å². The van der Waals surface area contributed by atoms with Crippen molar-refractivity contribution in [3.8, 4) is 0 Å². The summed E-state index contributed by atoms with van der Waals surface area (Å²) in [6.07, 6.45) is 2.02. The minimum Gasteiger partial charge on any atom is -0.397 e. The molecule has 0 spiro atoms. The fourth-order valence-corrected chi connectivity index (χ4v) is 3.54. The van der Waals surface area contributed by atoms with Crippen LogP contribution in [0.4, 0.5) is 10.1 Å². The summed E-state index contributed by atoms with van der Waals surface area (Å²) in [5, 5.41) is 0.355. The summed E-state index contributed by atoms with van der Waals surface area (Å²) in [4.78, 5) is 14.9. The highest BCUT2D eigenvalue weighted by molar-refractivity contribution is 7.21. The molecule has 0 aliphatic heterocycles. The Bertz CT molecular complexity index is 682. The fraction of sp³-hybridized carbons (Fsp3) is 0.400. The minimum atomic E-state index is -0.379. The van der Waals surface area contributed by atoms with Gasteiger partial charge < -0.3 is 15.4 Å². The van der Waals surface area contributed by atoms with Gasteiger partial charge in [-0.2, -0.15) is 0 Å². The highest BCUT2D eigenvalue weighted by Gasteiger charge is 2.34. The van der Waals surface area contributed by atoms with Crippen LogP contribution in [0.25, 0.3) is 10.1 Å². The van der Waals surface area contributed by atoms with E-state index in [1.165, 1.54) is 17.4 Å². The van der Waals surface area contributed by atoms with Crippen molar-refractivity contribution >= 4 is 33.0 Å². The maximum Gasteiger partial charge on any atom is 0.266 e. The molecule has 21 heavy (non-hydrogen) atoms. The first-order valence-electron chi connectivity index (χ1n) is 6.90. The SMILES string of the molecule is COCCN(C(=O)c1sc2cccc(F)c2c1N)C1CC1. The summed E-state index contributed by atoms with van der Waals surface area (Å²) in [6, 6.07) is 5.05. The number of amides is 1. The molecule has 112 valence electrons. The van der Waals surface area contributed by atoms with E-state index in [0.29, 0.717) is 28.1 Å². The third-order valence-electron chi connectivity index (χ3n) is 3.68. The van der Waals surface area contributed by atoms with Gasteiger partial charge in [0.2, 0.25) is 0 Å². The monoisotopic (exact) mass is 308 g/mol. The predicted octanol–water partition coefficient (Wildman–Crippen LogP) is 2.87. The number of thiophene rings is 1. The molecule has 1 aliphatic rings. The number of anilines is 1. The smallest absolute Gasteiger partial charge is 0.266 e. The zero-order valence-corrected chi connectivity index (χ0v) is 12.6. The van der Waals surface area contributed by atoms with Gasteiger partial charge in [0.05, 0.1) is 17.7 Å². The van der Waals surface area contributed by atoms with Crippen LogP contribution in [-0.2, 0) is 4.74 Å². The summed E-state index contributed by atoms with van der Waals surface area (Å²) in [5.41, 5.74) is 6.27. The minimum absolute atomic E-state index is 0.118. The Labute approximate surface area is 126 Å². The summed E-state index contributed by atoms with van der Waals surface area (Å²) in [5.74, 6) is -0.497. The van der Waals surface area contributed by atoms with Gasteiger partial charge in [0.1, 0.15) is 10.7 Å². The van der Waals surface area contributed by atoms with Crippen LogP contribution >= 0.6 is 11.3 Å². The molecule has 2 N–H and O–H groups in total. The van der Waals surface area contributed by atoms with E-state index in [1.54, 1.807) is 24.1 Å². The lowest BCUT2D eigenvalue weighted by atomic mass is 10.2. The lowest BCUT2D eigenvalue weighted by molar-refractivity contribution is 0.0686. The molecular weight excluding hydrogens is 291 g/mol. The van der Waals surface area contributed by atoms with Gasteiger partial charge >= 0.3 is 0 Å². The number of nitrogens with zero attached hydrogens (tertiary/aromatic N) is 1. The number of benzene rings is 1. The largest absolute Gasteiger partial charge is 0.397 e. The second-order valence-corrected chi connectivity index (χ2v) is 6.23. The maximum atomic E-state index is 13.9. The Balaban J connectivity index is 1.96. The average Bonchev–Trinajstić information content (AvgIpc) is 3.24. The van der Waals surface area contributed by atoms with Gasteiger partial charge in [-0.15, -0.1) is 11.3 Å². The third-order valence-corrected chi connectivity index (χ3v) is 4.84. The van der Waals surface area contributed by atoms with Gasteiger partial charge in [-0.25, -0.2) is 4.39 Å². The molecular formula is C15H17FN2O2S. The van der Waals surface area contributed by atoms with Crippen molar-refractivity contribution in [3.63, 3.8) is 0 Å². The van der Waals surface area contributed by atoms with Crippen LogP contribution in [0.1, 0.15) is 22.5 Å². The van der Waals surface area contributed by atoms with E-state index in [-0.39, 0.29) is 23.5 Å². The summed E-state index contributed by atoms with van der Waals surface area (Å²) in [7, 11) is 1.61. The van der Waals surface area contributed by atoms with Gasteiger partial charge in [0.25, 0.3) is 5.91 Å². The fourth-order valence-electron chi connectivity index (χ4n) is 2.44. The maximum absolute atomic E-state index is 13.9. The number of fused-ring (bicyclic) bond motifs is 1. The second-order valence-electron chi connectivity index (χ2n) is 5.18. The van der Waals surface area contributed by atoms with Crippen LogP contribution < -0.4 is 5.73 Å². The zero-order valence-electron chi connectivity index (χ0n) is 11.8. The Hall–Kier alpha value is -1.66. The summed E-state index contributed by atoms with van der Waals surface area (Å²) >= 11 is 1.26. The van der Waals surface area contributed by atoms with Gasteiger partial charge in [-0.1, -0.05) is 6.07 Å². The van der Waals surface area contributed by atoms with Crippen LogP contribution in [-0.4, -0.2) is 37.1 Å². The Morgan fingerprint density at radius 3 is 2.90 bits per heavy atom. The molecule has 1 fully saturated rings. The Morgan fingerprint density at radius 2 is 2.29 bits per heavy atom. The molecule has 1 aromatic carbocycles. The molecule has 0 atom stereocenters. The summed E-state index contributed by atoms with van der Waals surface area (Å²) in [6.45, 7) is 1.03. The normalized spacial score (nSPS) is 14.6. The van der Waals surface area contributed by atoms with E-state index in [2.05, 4.69) is 0 Å². The molecule has 0 radical (unpaired) electrons. The topological polar surface area (TPSA) is 55.6 Å². The molecule has 1 heterocycles. The van der Waals surface area contributed by atoms with Crippen molar-refractivity contribution in [1.29, 1.82) is 0 Å². The molecule has 1 aromatic heterocycles. The van der Waals surface area contributed by atoms with Crippen molar-refractivity contribution in [3.05, 3.63) is 28.9 Å². The first-order valence-corrected chi connectivity index (χ1v) is 7.71. The molecule has 4 nitrogen and oxygen atoms in total. The lowest BCUT2D eigenvalue weighted by Crippen LogP contribution is -2.35. The van der Waals surface area contributed by atoms with Crippen LogP contribution in [0.15, 0.2) is 18.2 Å². The van der Waals surface area contributed by atoms with Crippen LogP contribution in [0.3, 0.4) is 0 Å². The van der Waals surface area contributed by atoms with E-state index in [1.807, 2.05) is 0 Å². The Kier molecular flexibility index (Phi) is 3.82. The highest BCUT2D eigenvalue weighted by atomic mass is 32.1. The van der Waals surface area contributed by atoms with E-state index in [0.717, 1.165) is 12.8 Å². The Morgan fingerprint density at radius 1 is 1.52 bits per heavy atom. The standard InChI is InChI=1S/C15H17FN2O2S/c1-20-8-7-18(9-5-6-9)15(19)14-13(17)12-10(16)3-2-4-11(12)21-14/h2-4,9H,5-8,17H2,1H3. The number of nitrogen functional groups attached to an aromatic ring is 1. The van der Waals surface area contributed by atoms with Crippen LogP contribution in [0.5, 0.6) is 0 Å². The van der Waals surface area contributed by atoms with E-state index in [9.17, 15) is 9.18 Å². The molecule has 0 saturated heterocycles. The zero-order chi connectivity index (χ0) is 15.0. The van der Waals surface area contributed by atoms with E-state index < -0.39 is 0 Å². The van der Waals surface area contributed by atoms with Crippen molar-refractivity contribution in [2.45, 2.75) is 18.9 Å². The van der Waals surface area contributed by atoms with E-state index >= 15 is 0 Å². The lowest BCUT2D eigenvalue weighted by Gasteiger charge is -2.21. The van der Waals surface area contributed by atoms with Crippen LogP contribution in [0, 0.1) is 5.82 Å². The predicted molar refractivity (Wildman–Crippen MR) is 82.1 cm³/mol. The second kappa shape index (κ2) is 5.61. The molecule has 0 bridgehead atoms. The van der Waals surface area contributed by atoms with Crippen molar-refractivity contribution in [1.82, 2.24) is 4.90 Å². The molecule has 0 unspecified atom stereocenters. The number of methoxy groups -OCH3 is 1. The summed E-state index contributed by atoms with van der Waals surface area (Å²) < 4.78 is 19.6. The highest BCUT2D eigenvalue weighted by Crippen LogP contribution is 2.37. The first kappa shape index (κ1) is 14.3. The van der Waals surface area contributed by atoms with E-state index in [4.69, 9.17) is 10.5 Å². The third kappa shape index (κ3) is 2.61. The molecule has 1 amide bonds. The molecule has 1 aliphatic carbocycles. The molecule has 6 heteroatoms. The number of hydrogen-bond acceptors (Lipinski definition) is 4.